The van der Waals surface area contributed by atoms with Gasteiger partial charge >= 0.3 is 0 Å². The summed E-state index contributed by atoms with van der Waals surface area (Å²) in [5.74, 6) is 0.674. The number of aryl methyl sites for hydroxylation is 1. The fourth-order valence-electron chi connectivity index (χ4n) is 2.89. The van der Waals surface area contributed by atoms with E-state index >= 15 is 0 Å². The zero-order chi connectivity index (χ0) is 15.8. The van der Waals surface area contributed by atoms with Crippen LogP contribution in [0, 0.1) is 6.92 Å². The summed E-state index contributed by atoms with van der Waals surface area (Å²) in [6.45, 7) is 2.49. The SMILES string of the molecule is Cc1ncc2sc(C(=O)NCCC3=CCc4ccccc43)nn12. The van der Waals surface area contributed by atoms with Crippen LogP contribution in [0.5, 0.6) is 0 Å². The maximum Gasteiger partial charge on any atom is 0.282 e. The van der Waals surface area contributed by atoms with E-state index in [1.807, 2.05) is 6.92 Å². The molecule has 1 aromatic carbocycles. The van der Waals surface area contributed by atoms with Crippen molar-refractivity contribution in [1.29, 1.82) is 0 Å². The number of hydrogen-bond acceptors (Lipinski definition) is 4. The Morgan fingerprint density at radius 1 is 1.39 bits per heavy atom. The van der Waals surface area contributed by atoms with Crippen molar-refractivity contribution in [2.24, 2.45) is 0 Å². The fraction of sp³-hybridized carbons (Fsp3) is 0.235. The summed E-state index contributed by atoms with van der Waals surface area (Å²) in [5.41, 5.74) is 3.99. The molecule has 0 radical (unpaired) electrons. The van der Waals surface area contributed by atoms with E-state index in [0.717, 1.165) is 23.5 Å². The highest BCUT2D eigenvalue weighted by molar-refractivity contribution is 7.18. The van der Waals surface area contributed by atoms with Gasteiger partial charge in [-0.1, -0.05) is 41.7 Å². The van der Waals surface area contributed by atoms with Crippen LogP contribution in [0.3, 0.4) is 0 Å². The Labute approximate surface area is 137 Å². The number of hydrogen-bond donors (Lipinski definition) is 1. The molecule has 2 aromatic heterocycles. The van der Waals surface area contributed by atoms with E-state index in [1.165, 1.54) is 28.0 Å². The summed E-state index contributed by atoms with van der Waals surface area (Å²) in [4.78, 5) is 17.3. The minimum Gasteiger partial charge on any atom is -0.350 e. The van der Waals surface area contributed by atoms with E-state index in [4.69, 9.17) is 0 Å². The van der Waals surface area contributed by atoms with E-state index in [0.29, 0.717) is 11.6 Å². The number of fused-ring (bicyclic) bond motifs is 2. The molecule has 6 heteroatoms. The Bertz CT molecular complexity index is 922. The number of amides is 1. The molecule has 5 nitrogen and oxygen atoms in total. The number of allylic oxidation sites excluding steroid dienone is 1. The average Bonchev–Trinajstić information content (AvgIpc) is 3.24. The first-order valence-electron chi connectivity index (χ1n) is 7.59. The van der Waals surface area contributed by atoms with Crippen molar-refractivity contribution in [2.75, 3.05) is 6.54 Å². The van der Waals surface area contributed by atoms with E-state index in [2.05, 4.69) is 45.7 Å². The second-order valence-corrected chi connectivity index (χ2v) is 6.57. The number of nitrogens with one attached hydrogen (secondary N) is 1. The van der Waals surface area contributed by atoms with Crippen molar-refractivity contribution in [3.05, 3.63) is 58.5 Å². The van der Waals surface area contributed by atoms with Crippen LogP contribution in [0.15, 0.2) is 36.5 Å². The smallest absolute Gasteiger partial charge is 0.282 e. The molecule has 0 saturated heterocycles. The lowest BCUT2D eigenvalue weighted by Gasteiger charge is -2.06. The Hall–Kier alpha value is -2.47. The second-order valence-electron chi connectivity index (χ2n) is 5.56. The summed E-state index contributed by atoms with van der Waals surface area (Å²) in [6.07, 6.45) is 5.82. The lowest BCUT2D eigenvalue weighted by molar-refractivity contribution is 0.0953. The number of carbonyl (C=O) groups is 1. The van der Waals surface area contributed by atoms with Crippen molar-refractivity contribution in [3.8, 4) is 0 Å². The Morgan fingerprint density at radius 2 is 2.26 bits per heavy atom. The van der Waals surface area contributed by atoms with Gasteiger partial charge in [-0.05, 0) is 36.5 Å². The van der Waals surface area contributed by atoms with Crippen molar-refractivity contribution in [2.45, 2.75) is 19.8 Å². The molecule has 0 saturated carbocycles. The van der Waals surface area contributed by atoms with Crippen LogP contribution in [-0.2, 0) is 6.42 Å². The fourth-order valence-corrected chi connectivity index (χ4v) is 3.74. The number of carbonyl (C=O) groups excluding carboxylic acids is 1. The highest BCUT2D eigenvalue weighted by Gasteiger charge is 2.16. The van der Waals surface area contributed by atoms with Gasteiger partial charge in [0.15, 0.2) is 0 Å². The molecule has 1 aliphatic rings. The first-order chi connectivity index (χ1) is 11.2. The number of imidazole rings is 1. The topological polar surface area (TPSA) is 59.3 Å². The zero-order valence-corrected chi connectivity index (χ0v) is 13.6. The minimum atomic E-state index is -0.120. The number of aromatic nitrogens is 3. The van der Waals surface area contributed by atoms with Gasteiger partial charge in [-0.3, -0.25) is 4.79 Å². The molecule has 23 heavy (non-hydrogen) atoms. The summed E-state index contributed by atoms with van der Waals surface area (Å²) < 4.78 is 1.70. The number of benzene rings is 1. The molecule has 0 aliphatic heterocycles. The van der Waals surface area contributed by atoms with E-state index < -0.39 is 0 Å². The molecule has 0 fully saturated rings. The molecular formula is C17H16N4OS. The standard InChI is InChI=1S/C17H16N4OS/c1-11-19-10-15-21(11)20-17(23-15)16(22)18-9-8-13-7-6-12-4-2-3-5-14(12)13/h2-5,7,10H,6,8-9H2,1H3,(H,18,22). The average molecular weight is 324 g/mol. The molecule has 0 bridgehead atoms. The summed E-state index contributed by atoms with van der Waals surface area (Å²) in [6, 6.07) is 8.44. The van der Waals surface area contributed by atoms with Crippen LogP contribution in [0.2, 0.25) is 0 Å². The molecule has 1 amide bonds. The molecule has 1 aliphatic carbocycles. The molecular weight excluding hydrogens is 308 g/mol. The normalized spacial score (nSPS) is 13.2. The van der Waals surface area contributed by atoms with Crippen LogP contribution >= 0.6 is 11.3 Å². The van der Waals surface area contributed by atoms with Gasteiger partial charge in [0, 0.05) is 6.54 Å². The molecule has 4 rings (SSSR count). The summed E-state index contributed by atoms with van der Waals surface area (Å²) in [7, 11) is 0. The molecule has 0 unspecified atom stereocenters. The van der Waals surface area contributed by atoms with Crippen LogP contribution < -0.4 is 5.32 Å². The first-order valence-corrected chi connectivity index (χ1v) is 8.41. The van der Waals surface area contributed by atoms with Crippen LogP contribution in [0.1, 0.15) is 33.2 Å². The van der Waals surface area contributed by atoms with Gasteiger partial charge in [0.25, 0.3) is 5.91 Å². The molecule has 116 valence electrons. The Morgan fingerprint density at radius 3 is 3.13 bits per heavy atom. The van der Waals surface area contributed by atoms with Gasteiger partial charge in [-0.2, -0.15) is 0 Å². The predicted molar refractivity (Wildman–Crippen MR) is 90.7 cm³/mol. The van der Waals surface area contributed by atoms with Gasteiger partial charge < -0.3 is 5.32 Å². The largest absolute Gasteiger partial charge is 0.350 e. The summed E-state index contributed by atoms with van der Waals surface area (Å²) >= 11 is 1.36. The molecule has 2 heterocycles. The third-order valence-corrected chi connectivity index (χ3v) is 5.02. The lowest BCUT2D eigenvalue weighted by Crippen LogP contribution is -2.24. The van der Waals surface area contributed by atoms with Crippen molar-refractivity contribution in [1.82, 2.24) is 19.9 Å². The molecule has 0 atom stereocenters. The monoisotopic (exact) mass is 324 g/mol. The first kappa shape index (κ1) is 14.1. The van der Waals surface area contributed by atoms with E-state index in [1.54, 1.807) is 10.7 Å². The zero-order valence-electron chi connectivity index (χ0n) is 12.7. The highest BCUT2D eigenvalue weighted by atomic mass is 32.1. The maximum absolute atomic E-state index is 12.2. The number of nitrogens with zero attached hydrogens (tertiary/aromatic N) is 3. The Kier molecular flexibility index (Phi) is 3.46. The molecule has 0 spiro atoms. The predicted octanol–water partition coefficient (Wildman–Crippen LogP) is 2.86. The van der Waals surface area contributed by atoms with Crippen molar-refractivity contribution in [3.63, 3.8) is 0 Å². The van der Waals surface area contributed by atoms with Crippen LogP contribution in [0.25, 0.3) is 10.4 Å². The third-order valence-electron chi connectivity index (χ3n) is 4.08. The van der Waals surface area contributed by atoms with Crippen LogP contribution in [0.4, 0.5) is 0 Å². The van der Waals surface area contributed by atoms with Crippen molar-refractivity contribution < 1.29 is 4.79 Å². The highest BCUT2D eigenvalue weighted by Crippen LogP contribution is 2.29. The minimum absolute atomic E-state index is 0.120. The van der Waals surface area contributed by atoms with Gasteiger partial charge in [0.2, 0.25) is 5.01 Å². The van der Waals surface area contributed by atoms with Crippen LogP contribution in [-0.4, -0.2) is 27.0 Å². The number of rotatable bonds is 4. The Balaban J connectivity index is 1.39. The summed E-state index contributed by atoms with van der Waals surface area (Å²) in [5, 5.41) is 7.74. The van der Waals surface area contributed by atoms with Gasteiger partial charge in [0.1, 0.15) is 10.7 Å². The van der Waals surface area contributed by atoms with E-state index in [9.17, 15) is 4.79 Å². The second kappa shape index (κ2) is 5.62. The van der Waals surface area contributed by atoms with Crippen molar-refractivity contribution >= 4 is 27.6 Å². The van der Waals surface area contributed by atoms with Gasteiger partial charge in [-0.25, -0.2) is 9.50 Å². The quantitative estimate of drug-likeness (QED) is 0.803. The third kappa shape index (κ3) is 2.55. The maximum atomic E-state index is 12.2. The molecule has 1 N–H and O–H groups in total. The lowest BCUT2D eigenvalue weighted by atomic mass is 10.0. The molecule has 3 aromatic rings. The van der Waals surface area contributed by atoms with E-state index in [-0.39, 0.29) is 5.91 Å². The van der Waals surface area contributed by atoms with Gasteiger partial charge in [0.05, 0.1) is 6.20 Å². The van der Waals surface area contributed by atoms with Gasteiger partial charge in [-0.15, -0.1) is 5.10 Å².